The third kappa shape index (κ3) is 7.46. The van der Waals surface area contributed by atoms with Gasteiger partial charge in [-0.1, -0.05) is 0 Å². The van der Waals surface area contributed by atoms with Gasteiger partial charge in [-0.05, 0) is 58.9 Å². The van der Waals surface area contributed by atoms with E-state index in [0.29, 0.717) is 0 Å². The maximum atomic E-state index is 12.4. The van der Waals surface area contributed by atoms with Crippen LogP contribution in [0.2, 0.25) is 58.9 Å². The summed E-state index contributed by atoms with van der Waals surface area (Å²) in [7, 11) is -5.74. The molecule has 0 aromatic rings. The molecule has 9 heteroatoms. The van der Waals surface area contributed by atoms with E-state index >= 15 is 0 Å². The lowest BCUT2D eigenvalue weighted by molar-refractivity contribution is -0.200. The second-order valence-electron chi connectivity index (χ2n) is 9.23. The zero-order valence-corrected chi connectivity index (χ0v) is 19.5. The Bertz CT molecular complexity index is 436. The molecule has 1 saturated heterocycles. The first kappa shape index (κ1) is 22.0. The molecular weight excluding hydrogens is 360 g/mol. The van der Waals surface area contributed by atoms with Crippen LogP contribution in [0.15, 0.2) is 0 Å². The fourth-order valence-electron chi connectivity index (χ4n) is 2.33. The van der Waals surface area contributed by atoms with Gasteiger partial charge in [0.05, 0.1) is 6.61 Å². The number of aliphatic hydroxyl groups excluding tert-OH is 1. The van der Waals surface area contributed by atoms with Crippen LogP contribution in [-0.2, 0) is 22.8 Å². The second-order valence-corrected chi connectivity index (χ2v) is 22.7. The predicted octanol–water partition coefficient (Wildman–Crippen LogP) is 2.56. The van der Waals surface area contributed by atoms with Gasteiger partial charge in [0.15, 0.2) is 37.2 Å². The van der Waals surface area contributed by atoms with E-state index in [1.165, 1.54) is 0 Å². The number of hydrogen-bond acceptors (Lipinski definition) is 6. The largest absolute Gasteiger partial charge is 0.455 e. The molecule has 1 N–H and O–H groups in total. The number of rotatable bonds is 7. The Morgan fingerprint density at radius 1 is 0.917 bits per heavy atom. The zero-order valence-electron chi connectivity index (χ0n) is 16.5. The summed E-state index contributed by atoms with van der Waals surface area (Å²) in [6, 6.07) is 0. The van der Waals surface area contributed by atoms with Crippen molar-refractivity contribution < 1.29 is 27.9 Å². The highest BCUT2D eigenvalue weighted by molar-refractivity contribution is 6.70. The van der Waals surface area contributed by atoms with Crippen LogP contribution in [0.25, 0.3) is 0 Å². The minimum absolute atomic E-state index is 0.243. The number of esters is 1. The highest BCUT2D eigenvalue weighted by Crippen LogP contribution is 2.27. The molecular formula is C15H34O6Si3. The number of carbonyl (C=O) groups is 1. The van der Waals surface area contributed by atoms with Crippen molar-refractivity contribution in [1.82, 2.24) is 0 Å². The third-order valence-corrected chi connectivity index (χ3v) is 6.14. The Morgan fingerprint density at radius 3 is 1.83 bits per heavy atom. The number of cyclic esters (lactones) is 1. The van der Waals surface area contributed by atoms with Crippen LogP contribution < -0.4 is 0 Å². The number of carbonyl (C=O) groups excluding carboxylic acids is 1. The van der Waals surface area contributed by atoms with E-state index in [1.807, 2.05) is 39.3 Å². The Kier molecular flexibility index (Phi) is 7.04. The number of aliphatic hydroxyl groups is 1. The highest BCUT2D eigenvalue weighted by atomic mass is 28.4. The van der Waals surface area contributed by atoms with Crippen molar-refractivity contribution in [1.29, 1.82) is 0 Å². The van der Waals surface area contributed by atoms with Crippen LogP contribution in [0, 0.1) is 0 Å². The summed E-state index contributed by atoms with van der Waals surface area (Å²) in [5.74, 6) is -0.524. The number of hydrogen-bond donors (Lipinski definition) is 1. The Hall–Kier alpha value is -0.0394. The van der Waals surface area contributed by atoms with Crippen LogP contribution in [0.3, 0.4) is 0 Å². The molecule has 1 heterocycles. The van der Waals surface area contributed by atoms with Gasteiger partial charge in [-0.2, -0.15) is 0 Å². The minimum atomic E-state index is -2.02. The quantitative estimate of drug-likeness (QED) is 0.528. The van der Waals surface area contributed by atoms with Crippen LogP contribution in [0.4, 0.5) is 0 Å². The van der Waals surface area contributed by atoms with E-state index in [0.717, 1.165) is 0 Å². The molecule has 0 saturated carbocycles. The summed E-state index contributed by atoms with van der Waals surface area (Å²) in [4.78, 5) is 12.4. The van der Waals surface area contributed by atoms with E-state index < -0.39 is 55.3 Å². The third-order valence-electron chi connectivity index (χ3n) is 3.16. The minimum Gasteiger partial charge on any atom is -0.455 e. The molecule has 1 aliphatic rings. The van der Waals surface area contributed by atoms with Crippen LogP contribution in [-0.4, -0.2) is 67.1 Å². The molecule has 4 atom stereocenters. The van der Waals surface area contributed by atoms with Crippen molar-refractivity contribution in [2.45, 2.75) is 83.3 Å². The first-order valence-corrected chi connectivity index (χ1v) is 18.7. The molecule has 0 radical (unpaired) electrons. The SMILES string of the molecule is C[Si](C)(C)OC[C@H]1OC(=O)[C@H](O[Si](C)(C)C)[C@@H](O)[C@@H]1O[Si](C)(C)C. The molecule has 0 unspecified atom stereocenters. The van der Waals surface area contributed by atoms with Crippen molar-refractivity contribution >= 4 is 30.9 Å². The molecule has 0 aliphatic carbocycles. The fourth-order valence-corrected chi connectivity index (χ4v) is 5.10. The summed E-state index contributed by atoms with van der Waals surface area (Å²) in [5.41, 5.74) is 0. The molecule has 1 rings (SSSR count). The lowest BCUT2D eigenvalue weighted by atomic mass is 10.0. The lowest BCUT2D eigenvalue weighted by Gasteiger charge is -2.43. The summed E-state index contributed by atoms with van der Waals surface area (Å²) in [5, 5.41) is 10.8. The smallest absolute Gasteiger partial charge is 0.337 e. The van der Waals surface area contributed by atoms with Gasteiger partial charge in [-0.15, -0.1) is 0 Å². The normalized spacial score (nSPS) is 29.5. The topological polar surface area (TPSA) is 74.2 Å². The molecule has 0 amide bonds. The Balaban J connectivity index is 2.98. The van der Waals surface area contributed by atoms with E-state index in [2.05, 4.69) is 19.6 Å². The monoisotopic (exact) mass is 394 g/mol. The summed E-state index contributed by atoms with van der Waals surface area (Å²) in [6.07, 6.45) is -3.25. The molecule has 0 aromatic carbocycles. The Morgan fingerprint density at radius 2 is 1.42 bits per heavy atom. The molecule has 0 spiro atoms. The van der Waals surface area contributed by atoms with Gasteiger partial charge in [-0.25, -0.2) is 4.79 Å². The summed E-state index contributed by atoms with van der Waals surface area (Å²) >= 11 is 0. The van der Waals surface area contributed by atoms with Gasteiger partial charge < -0.3 is 23.1 Å². The number of ether oxygens (including phenoxy) is 1. The predicted molar refractivity (Wildman–Crippen MR) is 102 cm³/mol. The lowest BCUT2D eigenvalue weighted by Crippen LogP contribution is -2.62. The van der Waals surface area contributed by atoms with Crippen LogP contribution in [0.5, 0.6) is 0 Å². The second kappa shape index (κ2) is 7.68. The van der Waals surface area contributed by atoms with Gasteiger partial charge in [0.2, 0.25) is 0 Å². The molecule has 6 nitrogen and oxygen atoms in total. The maximum Gasteiger partial charge on any atom is 0.337 e. The average Bonchev–Trinajstić information content (AvgIpc) is 2.32. The molecule has 0 bridgehead atoms. The average molecular weight is 395 g/mol. The molecule has 0 aromatic heterocycles. The standard InChI is InChI=1S/C15H34O6Si3/c1-22(2,3)18-10-11-13(20-23(4,5)6)12(16)14(15(17)19-11)21-24(7,8)9/h11-14,16H,10H2,1-9H3/t11-,12+,13-,14-/m1/s1. The van der Waals surface area contributed by atoms with E-state index in [-0.39, 0.29) is 6.61 Å². The Labute approximate surface area is 149 Å². The van der Waals surface area contributed by atoms with Crippen molar-refractivity contribution in [2.24, 2.45) is 0 Å². The first-order valence-electron chi connectivity index (χ1n) is 8.47. The van der Waals surface area contributed by atoms with Gasteiger partial charge in [0.1, 0.15) is 12.2 Å². The van der Waals surface area contributed by atoms with Crippen molar-refractivity contribution in [2.75, 3.05) is 6.61 Å². The van der Waals surface area contributed by atoms with Crippen molar-refractivity contribution in [3.8, 4) is 0 Å². The van der Waals surface area contributed by atoms with Gasteiger partial charge in [-0.3, -0.25) is 0 Å². The maximum absolute atomic E-state index is 12.4. The van der Waals surface area contributed by atoms with Crippen molar-refractivity contribution in [3.05, 3.63) is 0 Å². The highest BCUT2D eigenvalue weighted by Gasteiger charge is 2.49. The van der Waals surface area contributed by atoms with Gasteiger partial charge >= 0.3 is 5.97 Å². The van der Waals surface area contributed by atoms with Crippen molar-refractivity contribution in [3.63, 3.8) is 0 Å². The molecule has 1 aliphatic heterocycles. The summed E-state index contributed by atoms with van der Waals surface area (Å²) < 4.78 is 23.5. The molecule has 24 heavy (non-hydrogen) atoms. The van der Waals surface area contributed by atoms with E-state index in [1.54, 1.807) is 0 Å². The fraction of sp³-hybridized carbons (Fsp3) is 0.933. The molecule has 1 fully saturated rings. The van der Waals surface area contributed by atoms with Crippen LogP contribution >= 0.6 is 0 Å². The van der Waals surface area contributed by atoms with Gasteiger partial charge in [0, 0.05) is 0 Å². The van der Waals surface area contributed by atoms with Gasteiger partial charge in [0.25, 0.3) is 0 Å². The van der Waals surface area contributed by atoms with Crippen LogP contribution in [0.1, 0.15) is 0 Å². The zero-order chi connectivity index (χ0) is 18.9. The summed E-state index contributed by atoms with van der Waals surface area (Å²) in [6.45, 7) is 18.5. The molecule has 142 valence electrons. The first-order chi connectivity index (χ1) is 10.6. The van der Waals surface area contributed by atoms with E-state index in [9.17, 15) is 9.90 Å². The van der Waals surface area contributed by atoms with E-state index in [4.69, 9.17) is 18.0 Å².